The lowest BCUT2D eigenvalue weighted by atomic mass is 10.2. The Morgan fingerprint density at radius 3 is 2.75 bits per heavy atom. The van der Waals surface area contributed by atoms with E-state index in [1.807, 2.05) is 0 Å². The highest BCUT2D eigenvalue weighted by Gasteiger charge is 2.11. The molecule has 16 heavy (non-hydrogen) atoms. The third kappa shape index (κ3) is 3.27. The molecule has 0 aliphatic carbocycles. The van der Waals surface area contributed by atoms with Gasteiger partial charge in [0, 0.05) is 18.2 Å². The number of halogens is 2. The predicted molar refractivity (Wildman–Crippen MR) is 56.5 cm³/mol. The molecule has 1 unspecified atom stereocenters. The summed E-state index contributed by atoms with van der Waals surface area (Å²) in [5.74, 6) is -1.66. The van der Waals surface area contributed by atoms with E-state index in [0.717, 1.165) is 12.1 Å². The van der Waals surface area contributed by atoms with Crippen LogP contribution in [0.15, 0.2) is 18.2 Å². The van der Waals surface area contributed by atoms with Crippen LogP contribution in [0.2, 0.25) is 0 Å². The smallest absolute Gasteiger partial charge is 0.237 e. The number of nitrogens with two attached hydrogens (primary N) is 1. The Morgan fingerprint density at radius 1 is 1.50 bits per heavy atom. The summed E-state index contributed by atoms with van der Waals surface area (Å²) in [5, 5.41) is 2.48. The quantitative estimate of drug-likeness (QED) is 0.816. The molecule has 88 valence electrons. The maximum absolute atomic E-state index is 13.2. The van der Waals surface area contributed by atoms with E-state index in [1.54, 1.807) is 6.92 Å². The first-order valence-corrected chi connectivity index (χ1v) is 5.01. The lowest BCUT2D eigenvalue weighted by Crippen LogP contribution is -2.39. The lowest BCUT2D eigenvalue weighted by Gasteiger charge is -2.10. The SMILES string of the molecule is CCC(N)C(=O)NCc1ccc(F)cc1F. The van der Waals surface area contributed by atoms with E-state index in [-0.39, 0.29) is 18.0 Å². The fourth-order valence-electron chi connectivity index (χ4n) is 1.16. The van der Waals surface area contributed by atoms with Gasteiger partial charge in [-0.25, -0.2) is 8.78 Å². The Bertz CT molecular complexity index is 382. The van der Waals surface area contributed by atoms with Crippen LogP contribution in [0.3, 0.4) is 0 Å². The minimum Gasteiger partial charge on any atom is -0.351 e. The van der Waals surface area contributed by atoms with Gasteiger partial charge < -0.3 is 11.1 Å². The van der Waals surface area contributed by atoms with Crippen LogP contribution in [-0.2, 0) is 11.3 Å². The standard InChI is InChI=1S/C11H14F2N2O/c1-2-10(14)11(16)15-6-7-3-4-8(12)5-9(7)13/h3-5,10H,2,6,14H2,1H3,(H,15,16). The zero-order valence-electron chi connectivity index (χ0n) is 8.97. The van der Waals surface area contributed by atoms with Gasteiger partial charge in [-0.3, -0.25) is 4.79 Å². The fourth-order valence-corrected chi connectivity index (χ4v) is 1.16. The van der Waals surface area contributed by atoms with E-state index >= 15 is 0 Å². The predicted octanol–water partition coefficient (Wildman–Crippen LogP) is 1.32. The van der Waals surface area contributed by atoms with Gasteiger partial charge in [-0.1, -0.05) is 13.0 Å². The molecule has 1 aromatic carbocycles. The molecule has 0 spiro atoms. The van der Waals surface area contributed by atoms with Gasteiger partial charge in [0.25, 0.3) is 0 Å². The van der Waals surface area contributed by atoms with Crippen molar-refractivity contribution in [3.05, 3.63) is 35.4 Å². The minimum atomic E-state index is -0.676. The molecule has 0 radical (unpaired) electrons. The largest absolute Gasteiger partial charge is 0.351 e. The molecule has 1 atom stereocenters. The fraction of sp³-hybridized carbons (Fsp3) is 0.364. The van der Waals surface area contributed by atoms with Crippen LogP contribution in [-0.4, -0.2) is 11.9 Å². The molecule has 0 fully saturated rings. The second kappa shape index (κ2) is 5.55. The van der Waals surface area contributed by atoms with E-state index in [9.17, 15) is 13.6 Å². The Labute approximate surface area is 92.6 Å². The molecule has 1 aromatic rings. The van der Waals surface area contributed by atoms with Crippen molar-refractivity contribution >= 4 is 5.91 Å². The first-order chi connectivity index (χ1) is 7.54. The summed E-state index contributed by atoms with van der Waals surface area (Å²) in [6.45, 7) is 1.79. The molecule has 0 aliphatic heterocycles. The van der Waals surface area contributed by atoms with Crippen LogP contribution in [0.4, 0.5) is 8.78 Å². The Morgan fingerprint density at radius 2 is 2.19 bits per heavy atom. The summed E-state index contributed by atoms with van der Waals surface area (Å²) in [6, 6.07) is 2.62. The van der Waals surface area contributed by atoms with Crippen molar-refractivity contribution in [2.45, 2.75) is 25.9 Å². The van der Waals surface area contributed by atoms with E-state index < -0.39 is 17.7 Å². The van der Waals surface area contributed by atoms with Gasteiger partial charge in [0.05, 0.1) is 6.04 Å². The first-order valence-electron chi connectivity index (χ1n) is 5.01. The molecule has 0 heterocycles. The molecule has 0 bridgehead atoms. The molecule has 1 rings (SSSR count). The van der Waals surface area contributed by atoms with Crippen LogP contribution in [0.1, 0.15) is 18.9 Å². The molecular weight excluding hydrogens is 214 g/mol. The summed E-state index contributed by atoms with van der Waals surface area (Å²) in [6.07, 6.45) is 0.512. The molecule has 3 N–H and O–H groups in total. The number of nitrogens with one attached hydrogen (secondary N) is 1. The van der Waals surface area contributed by atoms with Gasteiger partial charge in [0.2, 0.25) is 5.91 Å². The average molecular weight is 228 g/mol. The Hall–Kier alpha value is -1.49. The number of amides is 1. The molecule has 3 nitrogen and oxygen atoms in total. The van der Waals surface area contributed by atoms with Gasteiger partial charge in [-0.15, -0.1) is 0 Å². The van der Waals surface area contributed by atoms with Crippen molar-refractivity contribution in [1.29, 1.82) is 0 Å². The Kier molecular flexibility index (Phi) is 4.37. The summed E-state index contributed by atoms with van der Waals surface area (Å²) >= 11 is 0. The molecule has 0 aromatic heterocycles. The van der Waals surface area contributed by atoms with Crippen molar-refractivity contribution < 1.29 is 13.6 Å². The van der Waals surface area contributed by atoms with Crippen LogP contribution in [0.25, 0.3) is 0 Å². The Balaban J connectivity index is 2.58. The second-order valence-corrected chi connectivity index (χ2v) is 3.47. The van der Waals surface area contributed by atoms with Crippen molar-refractivity contribution in [1.82, 2.24) is 5.32 Å². The first kappa shape index (κ1) is 12.6. The number of benzene rings is 1. The van der Waals surface area contributed by atoms with Gasteiger partial charge in [0.1, 0.15) is 11.6 Å². The van der Waals surface area contributed by atoms with E-state index in [4.69, 9.17) is 5.73 Å². The molecular formula is C11H14F2N2O. The van der Waals surface area contributed by atoms with Crippen molar-refractivity contribution in [2.24, 2.45) is 5.73 Å². The second-order valence-electron chi connectivity index (χ2n) is 3.47. The van der Waals surface area contributed by atoms with Crippen molar-refractivity contribution in [3.63, 3.8) is 0 Å². The van der Waals surface area contributed by atoms with Crippen LogP contribution in [0, 0.1) is 11.6 Å². The number of carbonyl (C=O) groups is 1. The van der Waals surface area contributed by atoms with E-state index in [0.29, 0.717) is 6.42 Å². The zero-order chi connectivity index (χ0) is 12.1. The maximum atomic E-state index is 13.2. The minimum absolute atomic E-state index is 0.0125. The maximum Gasteiger partial charge on any atom is 0.237 e. The van der Waals surface area contributed by atoms with Crippen LogP contribution >= 0.6 is 0 Å². The number of hydrogen-bond acceptors (Lipinski definition) is 2. The molecule has 0 saturated carbocycles. The molecule has 1 amide bonds. The number of hydrogen-bond donors (Lipinski definition) is 2. The molecule has 5 heteroatoms. The van der Waals surface area contributed by atoms with Gasteiger partial charge >= 0.3 is 0 Å². The summed E-state index contributed by atoms with van der Waals surface area (Å²) in [7, 11) is 0. The summed E-state index contributed by atoms with van der Waals surface area (Å²) in [4.78, 5) is 11.3. The lowest BCUT2D eigenvalue weighted by molar-refractivity contribution is -0.122. The van der Waals surface area contributed by atoms with Crippen molar-refractivity contribution in [3.8, 4) is 0 Å². The van der Waals surface area contributed by atoms with E-state index in [2.05, 4.69) is 5.32 Å². The zero-order valence-corrected chi connectivity index (χ0v) is 8.97. The van der Waals surface area contributed by atoms with Gasteiger partial charge in [0.15, 0.2) is 0 Å². The monoisotopic (exact) mass is 228 g/mol. The normalized spacial score (nSPS) is 12.2. The topological polar surface area (TPSA) is 55.1 Å². The average Bonchev–Trinajstić information content (AvgIpc) is 2.26. The third-order valence-corrected chi connectivity index (χ3v) is 2.24. The van der Waals surface area contributed by atoms with Crippen LogP contribution < -0.4 is 11.1 Å². The third-order valence-electron chi connectivity index (χ3n) is 2.24. The summed E-state index contributed by atoms with van der Waals surface area (Å²) < 4.78 is 25.7. The molecule has 0 saturated heterocycles. The van der Waals surface area contributed by atoms with Gasteiger partial charge in [-0.05, 0) is 12.5 Å². The number of carbonyl (C=O) groups excluding carboxylic acids is 1. The highest BCUT2D eigenvalue weighted by atomic mass is 19.1. The van der Waals surface area contributed by atoms with Crippen molar-refractivity contribution in [2.75, 3.05) is 0 Å². The van der Waals surface area contributed by atoms with Gasteiger partial charge in [-0.2, -0.15) is 0 Å². The highest BCUT2D eigenvalue weighted by Crippen LogP contribution is 2.09. The summed E-state index contributed by atoms with van der Waals surface area (Å²) in [5.41, 5.74) is 5.71. The molecule has 0 aliphatic rings. The van der Waals surface area contributed by atoms with Crippen LogP contribution in [0.5, 0.6) is 0 Å². The number of rotatable bonds is 4. The van der Waals surface area contributed by atoms with E-state index in [1.165, 1.54) is 6.07 Å². The highest BCUT2D eigenvalue weighted by molar-refractivity contribution is 5.81.